The lowest BCUT2D eigenvalue weighted by Crippen LogP contribution is -2.08. The summed E-state index contributed by atoms with van der Waals surface area (Å²) in [6, 6.07) is 3.48. The molecule has 2 bridgehead atoms. The summed E-state index contributed by atoms with van der Waals surface area (Å²) in [4.78, 5) is 0. The van der Waals surface area contributed by atoms with Crippen LogP contribution in [-0.4, -0.2) is 22.8 Å². The van der Waals surface area contributed by atoms with E-state index in [0.717, 1.165) is 36.6 Å². The fourth-order valence-electron chi connectivity index (χ4n) is 3.83. The van der Waals surface area contributed by atoms with Crippen LogP contribution in [0.2, 0.25) is 0 Å². The Morgan fingerprint density at radius 2 is 2.09 bits per heavy atom. The minimum Gasteiger partial charge on any atom is -0.480 e. The van der Waals surface area contributed by atoms with Crippen LogP contribution in [0.15, 0.2) is 18.2 Å². The Morgan fingerprint density at radius 3 is 2.82 bits per heavy atom. The van der Waals surface area contributed by atoms with Crippen molar-refractivity contribution in [2.24, 2.45) is 0 Å². The zero-order valence-corrected chi connectivity index (χ0v) is 12.1. The molecule has 0 spiro atoms. The average molecular weight is 303 g/mol. The molecular weight excluding hydrogens is 288 g/mol. The van der Waals surface area contributed by atoms with E-state index in [4.69, 9.17) is 10.1 Å². The van der Waals surface area contributed by atoms with E-state index in [1.165, 1.54) is 23.9 Å². The lowest BCUT2D eigenvalue weighted by atomic mass is 9.95. The van der Waals surface area contributed by atoms with Crippen LogP contribution in [0.25, 0.3) is 5.69 Å². The maximum Gasteiger partial charge on any atom is 0.234 e. The third-order valence-corrected chi connectivity index (χ3v) is 4.74. The second-order valence-corrected chi connectivity index (χ2v) is 5.90. The first-order valence-corrected chi connectivity index (χ1v) is 7.31. The number of aromatic nitrogens is 2. The normalized spacial score (nSPS) is 22.0. The maximum atomic E-state index is 14.2. The molecule has 1 N–H and O–H groups in total. The van der Waals surface area contributed by atoms with Crippen molar-refractivity contribution in [3.05, 3.63) is 46.8 Å². The Balaban J connectivity index is 1.94. The molecule has 2 aromatic rings. The third-order valence-electron chi connectivity index (χ3n) is 4.74. The number of ether oxygens (including phenoxy) is 1. The van der Waals surface area contributed by atoms with Gasteiger partial charge in [-0.1, -0.05) is 0 Å². The minimum absolute atomic E-state index is 0.00919. The Kier molecular flexibility index (Phi) is 2.82. The monoisotopic (exact) mass is 303 g/mol. The van der Waals surface area contributed by atoms with Gasteiger partial charge in [0.2, 0.25) is 5.90 Å². The first-order chi connectivity index (χ1) is 10.6. The molecule has 2 atom stereocenters. The number of nitrogens with one attached hydrogen (secondary N) is 1. The van der Waals surface area contributed by atoms with Crippen LogP contribution in [0.3, 0.4) is 0 Å². The standard InChI is InChI=1S/C16H15F2N3O/c1-22-16(19)14-13-8-2-3-9(6-8)15(13)21(20-14)12-5-4-10(17)7-11(12)18/h4-5,7-9,19H,2-3,6H2,1H3. The van der Waals surface area contributed by atoms with E-state index in [1.54, 1.807) is 0 Å². The molecular formula is C16H15F2N3O. The summed E-state index contributed by atoms with van der Waals surface area (Å²) < 4.78 is 33.9. The topological polar surface area (TPSA) is 50.9 Å². The summed E-state index contributed by atoms with van der Waals surface area (Å²) in [7, 11) is 1.43. The van der Waals surface area contributed by atoms with Crippen LogP contribution >= 0.6 is 0 Å². The van der Waals surface area contributed by atoms with E-state index >= 15 is 0 Å². The highest BCUT2D eigenvalue weighted by Crippen LogP contribution is 2.54. The number of rotatable bonds is 2. The highest BCUT2D eigenvalue weighted by Gasteiger charge is 2.44. The summed E-state index contributed by atoms with van der Waals surface area (Å²) in [5.74, 6) is -0.580. The van der Waals surface area contributed by atoms with Crippen molar-refractivity contribution in [3.63, 3.8) is 0 Å². The molecule has 2 aliphatic rings. The summed E-state index contributed by atoms with van der Waals surface area (Å²) in [6.45, 7) is 0. The first-order valence-electron chi connectivity index (χ1n) is 7.31. The van der Waals surface area contributed by atoms with Gasteiger partial charge in [0.05, 0.1) is 12.8 Å². The van der Waals surface area contributed by atoms with Gasteiger partial charge in [-0.2, -0.15) is 5.10 Å². The third kappa shape index (κ3) is 1.73. The van der Waals surface area contributed by atoms with Crippen molar-refractivity contribution < 1.29 is 13.5 Å². The highest BCUT2D eigenvalue weighted by molar-refractivity contribution is 5.92. The fraction of sp³-hybridized carbons (Fsp3) is 0.375. The molecule has 0 aliphatic heterocycles. The van der Waals surface area contributed by atoms with Crippen LogP contribution in [0.1, 0.15) is 48.0 Å². The van der Waals surface area contributed by atoms with Gasteiger partial charge in [-0.3, -0.25) is 5.41 Å². The largest absolute Gasteiger partial charge is 0.480 e. The van der Waals surface area contributed by atoms with Crippen molar-refractivity contribution in [1.29, 1.82) is 5.41 Å². The molecule has 4 nitrogen and oxygen atoms in total. The second-order valence-electron chi connectivity index (χ2n) is 5.90. The fourth-order valence-corrected chi connectivity index (χ4v) is 3.83. The number of hydrogen-bond acceptors (Lipinski definition) is 3. The van der Waals surface area contributed by atoms with Gasteiger partial charge < -0.3 is 4.74 Å². The first kappa shape index (κ1) is 13.4. The molecule has 0 amide bonds. The lowest BCUT2D eigenvalue weighted by molar-refractivity contribution is 0.398. The molecule has 2 unspecified atom stereocenters. The van der Waals surface area contributed by atoms with Crippen molar-refractivity contribution in [2.45, 2.75) is 31.1 Å². The van der Waals surface area contributed by atoms with Crippen molar-refractivity contribution in [1.82, 2.24) is 9.78 Å². The molecule has 2 aliphatic carbocycles. The van der Waals surface area contributed by atoms with Crippen LogP contribution < -0.4 is 0 Å². The second kappa shape index (κ2) is 4.63. The summed E-state index contributed by atoms with van der Waals surface area (Å²) >= 11 is 0. The zero-order valence-electron chi connectivity index (χ0n) is 12.1. The van der Waals surface area contributed by atoms with Crippen molar-refractivity contribution in [2.75, 3.05) is 7.11 Å². The number of nitrogens with zero attached hydrogens (tertiary/aromatic N) is 2. The molecule has 1 saturated carbocycles. The zero-order chi connectivity index (χ0) is 15.4. The Morgan fingerprint density at radius 1 is 1.32 bits per heavy atom. The Hall–Kier alpha value is -2.24. The summed E-state index contributed by atoms with van der Waals surface area (Å²) in [5, 5.41) is 12.3. The van der Waals surface area contributed by atoms with Crippen LogP contribution in [0.4, 0.5) is 8.78 Å². The van der Waals surface area contributed by atoms with E-state index in [0.29, 0.717) is 17.5 Å². The molecule has 1 heterocycles. The molecule has 4 rings (SSSR count). The quantitative estimate of drug-likeness (QED) is 0.682. The number of hydrogen-bond donors (Lipinski definition) is 1. The summed E-state index contributed by atoms with van der Waals surface area (Å²) in [6.07, 6.45) is 3.13. The minimum atomic E-state index is -0.649. The van der Waals surface area contributed by atoms with Crippen molar-refractivity contribution >= 4 is 5.90 Å². The van der Waals surface area contributed by atoms with E-state index in [2.05, 4.69) is 5.10 Å². The van der Waals surface area contributed by atoms with Gasteiger partial charge in [0, 0.05) is 17.5 Å². The van der Waals surface area contributed by atoms with Gasteiger partial charge in [0.15, 0.2) is 11.5 Å². The lowest BCUT2D eigenvalue weighted by Gasteiger charge is -2.14. The predicted molar refractivity (Wildman–Crippen MR) is 76.7 cm³/mol. The Bertz CT molecular complexity index is 784. The SMILES string of the molecule is COC(=N)c1nn(-c2ccc(F)cc2F)c2c1C1CCC2C1. The van der Waals surface area contributed by atoms with Gasteiger partial charge in [-0.05, 0) is 37.3 Å². The number of methoxy groups -OCH3 is 1. The van der Waals surface area contributed by atoms with Gasteiger partial charge in [0.25, 0.3) is 0 Å². The van der Waals surface area contributed by atoms with Gasteiger partial charge in [-0.25, -0.2) is 13.5 Å². The number of fused-ring (bicyclic) bond motifs is 5. The molecule has 1 aromatic heterocycles. The molecule has 6 heteroatoms. The van der Waals surface area contributed by atoms with E-state index in [1.807, 2.05) is 0 Å². The van der Waals surface area contributed by atoms with Crippen LogP contribution in [-0.2, 0) is 4.74 Å². The predicted octanol–water partition coefficient (Wildman–Crippen LogP) is 3.49. The van der Waals surface area contributed by atoms with E-state index in [9.17, 15) is 8.78 Å². The van der Waals surface area contributed by atoms with E-state index in [-0.39, 0.29) is 11.6 Å². The van der Waals surface area contributed by atoms with Crippen LogP contribution in [0.5, 0.6) is 0 Å². The molecule has 1 aromatic carbocycles. The molecule has 22 heavy (non-hydrogen) atoms. The smallest absolute Gasteiger partial charge is 0.234 e. The number of halogens is 2. The molecule has 1 fully saturated rings. The molecule has 0 radical (unpaired) electrons. The maximum absolute atomic E-state index is 14.2. The van der Waals surface area contributed by atoms with Gasteiger partial charge in [-0.15, -0.1) is 0 Å². The highest BCUT2D eigenvalue weighted by atomic mass is 19.1. The summed E-state index contributed by atoms with van der Waals surface area (Å²) in [5.41, 5.74) is 2.67. The van der Waals surface area contributed by atoms with Gasteiger partial charge >= 0.3 is 0 Å². The van der Waals surface area contributed by atoms with Crippen molar-refractivity contribution in [3.8, 4) is 5.69 Å². The average Bonchev–Trinajstić information content (AvgIpc) is 3.18. The molecule has 114 valence electrons. The van der Waals surface area contributed by atoms with E-state index < -0.39 is 11.6 Å². The van der Waals surface area contributed by atoms with Gasteiger partial charge in [0.1, 0.15) is 11.5 Å². The van der Waals surface area contributed by atoms with Crippen LogP contribution in [0, 0.1) is 17.0 Å². The number of benzene rings is 1. The Labute approximate surface area is 126 Å². The molecule has 0 saturated heterocycles.